The molecule has 0 aromatic heterocycles. The number of rotatable bonds is 6. The molecule has 1 rings (SSSR count). The van der Waals surface area contributed by atoms with Crippen LogP contribution >= 0.6 is 0 Å². The average Bonchev–Trinajstić information content (AvgIpc) is 2.50. The number of nitrogens with zero attached hydrogens (tertiary/aromatic N) is 1. The first kappa shape index (κ1) is 15.6. The van der Waals surface area contributed by atoms with Gasteiger partial charge in [0.25, 0.3) is 0 Å². The van der Waals surface area contributed by atoms with E-state index in [0.29, 0.717) is 0 Å². The summed E-state index contributed by atoms with van der Waals surface area (Å²) >= 11 is 0. The molecule has 0 bridgehead atoms. The predicted octanol–water partition coefficient (Wildman–Crippen LogP) is 5.03. The van der Waals surface area contributed by atoms with Crippen LogP contribution in [0, 0.1) is 0 Å². The van der Waals surface area contributed by atoms with Gasteiger partial charge in [0, 0.05) is 24.0 Å². The Labute approximate surface area is 122 Å². The number of likely N-dealkylation sites (N-methyl/N-ethyl adjacent to an activating group) is 1. The first-order valence-electron chi connectivity index (χ1n) is 6.50. The van der Waals surface area contributed by atoms with Gasteiger partial charge in [-0.2, -0.15) is 0 Å². The molecule has 20 heavy (non-hydrogen) atoms. The number of hydrogen-bond acceptors (Lipinski definition) is 1. The molecular formula is C19H21N. The van der Waals surface area contributed by atoms with Gasteiger partial charge in [0.2, 0.25) is 0 Å². The molecule has 0 spiro atoms. The van der Waals surface area contributed by atoms with Crippen LogP contribution in [0.2, 0.25) is 0 Å². The van der Waals surface area contributed by atoms with E-state index in [0.717, 1.165) is 22.5 Å². The zero-order valence-electron chi connectivity index (χ0n) is 12.3. The zero-order valence-corrected chi connectivity index (χ0v) is 12.3. The molecule has 102 valence electrons. The van der Waals surface area contributed by atoms with E-state index in [4.69, 9.17) is 0 Å². The second kappa shape index (κ2) is 7.83. The van der Waals surface area contributed by atoms with Crippen molar-refractivity contribution < 1.29 is 0 Å². The molecule has 0 saturated heterocycles. The summed E-state index contributed by atoms with van der Waals surface area (Å²) in [5.41, 5.74) is 7.02. The Balaban J connectivity index is 3.12. The van der Waals surface area contributed by atoms with Gasteiger partial charge >= 0.3 is 0 Å². The van der Waals surface area contributed by atoms with E-state index >= 15 is 0 Å². The highest BCUT2D eigenvalue weighted by molar-refractivity contribution is 5.72. The summed E-state index contributed by atoms with van der Waals surface area (Å²) < 4.78 is 0. The molecule has 1 heteroatoms. The monoisotopic (exact) mass is 263 g/mol. The van der Waals surface area contributed by atoms with Crippen molar-refractivity contribution in [1.29, 1.82) is 0 Å². The molecule has 0 unspecified atom stereocenters. The SMILES string of the molecule is C=C/C(=C\C=C=CC)N(C)C(=C)c1ccccc1C=C. The summed E-state index contributed by atoms with van der Waals surface area (Å²) in [6.45, 7) is 13.8. The maximum absolute atomic E-state index is 4.18. The summed E-state index contributed by atoms with van der Waals surface area (Å²) in [5.74, 6) is 0. The number of hydrogen-bond donors (Lipinski definition) is 0. The van der Waals surface area contributed by atoms with Gasteiger partial charge in [-0.05, 0) is 36.8 Å². The van der Waals surface area contributed by atoms with Crippen LogP contribution in [0.5, 0.6) is 0 Å². The van der Waals surface area contributed by atoms with Crippen LogP contribution in [-0.2, 0) is 0 Å². The third-order valence-corrected chi connectivity index (χ3v) is 3.01. The summed E-state index contributed by atoms with van der Waals surface area (Å²) in [6, 6.07) is 8.06. The lowest BCUT2D eigenvalue weighted by Gasteiger charge is -2.24. The Morgan fingerprint density at radius 3 is 2.55 bits per heavy atom. The zero-order chi connectivity index (χ0) is 15.0. The third-order valence-electron chi connectivity index (χ3n) is 3.01. The van der Waals surface area contributed by atoms with Gasteiger partial charge in [-0.3, -0.25) is 0 Å². The van der Waals surface area contributed by atoms with Gasteiger partial charge in [0.05, 0.1) is 0 Å². The van der Waals surface area contributed by atoms with Crippen molar-refractivity contribution in [2.45, 2.75) is 6.92 Å². The lowest BCUT2D eigenvalue weighted by Crippen LogP contribution is -2.14. The Kier molecular flexibility index (Phi) is 6.09. The molecule has 0 aliphatic heterocycles. The standard InChI is InChI=1S/C19H21N/c1-6-9-10-14-18(8-3)20(5)16(4)19-15-12-11-13-17(19)7-2/h6-8,10-15H,2-4H2,1,5H3/b18-14+. The second-order valence-electron chi connectivity index (χ2n) is 4.21. The summed E-state index contributed by atoms with van der Waals surface area (Å²) in [6.07, 6.45) is 9.31. The highest BCUT2D eigenvalue weighted by atomic mass is 15.1. The van der Waals surface area contributed by atoms with Crippen LogP contribution in [-0.4, -0.2) is 11.9 Å². The molecule has 0 N–H and O–H groups in total. The molecule has 0 radical (unpaired) electrons. The maximum atomic E-state index is 4.18. The number of benzene rings is 1. The Morgan fingerprint density at radius 1 is 1.25 bits per heavy atom. The Hall–Kier alpha value is -2.50. The fourth-order valence-corrected chi connectivity index (χ4v) is 1.82. The summed E-state index contributed by atoms with van der Waals surface area (Å²) in [4.78, 5) is 2.00. The molecule has 0 fully saturated rings. The van der Waals surface area contributed by atoms with Crippen LogP contribution in [0.3, 0.4) is 0 Å². The summed E-state index contributed by atoms with van der Waals surface area (Å²) in [7, 11) is 1.97. The normalized spacial score (nSPS) is 10.2. The van der Waals surface area contributed by atoms with Gasteiger partial charge in [-0.25, -0.2) is 0 Å². The molecule has 0 saturated carbocycles. The van der Waals surface area contributed by atoms with Gasteiger partial charge in [0.15, 0.2) is 0 Å². The lowest BCUT2D eigenvalue weighted by molar-refractivity contribution is 0.618. The Bertz CT molecular complexity index is 596. The number of allylic oxidation sites excluding steroid dienone is 3. The second-order valence-corrected chi connectivity index (χ2v) is 4.21. The molecule has 1 aromatic carbocycles. The van der Waals surface area contributed by atoms with E-state index in [1.165, 1.54) is 0 Å². The van der Waals surface area contributed by atoms with Crippen LogP contribution in [0.25, 0.3) is 11.8 Å². The van der Waals surface area contributed by atoms with Crippen LogP contribution in [0.1, 0.15) is 18.1 Å². The average molecular weight is 263 g/mol. The van der Waals surface area contributed by atoms with Gasteiger partial charge in [0.1, 0.15) is 0 Å². The van der Waals surface area contributed by atoms with E-state index in [1.54, 1.807) is 6.08 Å². The van der Waals surface area contributed by atoms with E-state index in [2.05, 4.69) is 25.5 Å². The maximum Gasteiger partial charge on any atom is 0.0414 e. The quantitative estimate of drug-likeness (QED) is 0.514. The fraction of sp³-hybridized carbons (Fsp3) is 0.105. The van der Waals surface area contributed by atoms with Crippen LogP contribution < -0.4 is 0 Å². The molecular weight excluding hydrogens is 242 g/mol. The lowest BCUT2D eigenvalue weighted by atomic mass is 10.0. The Morgan fingerprint density at radius 2 is 1.95 bits per heavy atom. The van der Waals surface area contributed by atoms with Gasteiger partial charge in [-0.1, -0.05) is 50.1 Å². The topological polar surface area (TPSA) is 3.24 Å². The first-order chi connectivity index (χ1) is 9.65. The van der Waals surface area contributed by atoms with E-state index < -0.39 is 0 Å². The highest BCUT2D eigenvalue weighted by Gasteiger charge is 2.09. The molecule has 0 aliphatic rings. The predicted molar refractivity (Wildman–Crippen MR) is 89.9 cm³/mol. The van der Waals surface area contributed by atoms with Gasteiger partial charge in [-0.15, -0.1) is 5.73 Å². The van der Waals surface area contributed by atoms with E-state index in [-0.39, 0.29) is 0 Å². The molecule has 1 aromatic rings. The van der Waals surface area contributed by atoms with Crippen LogP contribution in [0.15, 0.2) is 79.7 Å². The fourth-order valence-electron chi connectivity index (χ4n) is 1.82. The van der Waals surface area contributed by atoms with Crippen molar-refractivity contribution >= 4 is 11.8 Å². The first-order valence-corrected chi connectivity index (χ1v) is 6.50. The smallest absolute Gasteiger partial charge is 0.0414 e. The summed E-state index contributed by atoms with van der Waals surface area (Å²) in [5, 5.41) is 0. The molecule has 0 heterocycles. The van der Waals surface area contributed by atoms with E-state index in [9.17, 15) is 0 Å². The van der Waals surface area contributed by atoms with Gasteiger partial charge < -0.3 is 4.90 Å². The largest absolute Gasteiger partial charge is 0.345 e. The van der Waals surface area contributed by atoms with Crippen molar-refractivity contribution in [2.75, 3.05) is 7.05 Å². The van der Waals surface area contributed by atoms with E-state index in [1.807, 2.05) is 67.4 Å². The highest BCUT2D eigenvalue weighted by Crippen LogP contribution is 2.24. The minimum absolute atomic E-state index is 0.903. The molecule has 0 amide bonds. The molecule has 1 nitrogen and oxygen atoms in total. The minimum atomic E-state index is 0.903. The molecule has 0 aliphatic carbocycles. The van der Waals surface area contributed by atoms with Crippen molar-refractivity contribution in [3.05, 3.63) is 90.9 Å². The minimum Gasteiger partial charge on any atom is -0.345 e. The van der Waals surface area contributed by atoms with Crippen molar-refractivity contribution in [3.8, 4) is 0 Å². The third kappa shape index (κ3) is 3.74. The molecule has 0 atom stereocenters. The van der Waals surface area contributed by atoms with Crippen molar-refractivity contribution in [3.63, 3.8) is 0 Å². The van der Waals surface area contributed by atoms with Crippen molar-refractivity contribution in [1.82, 2.24) is 4.90 Å². The van der Waals surface area contributed by atoms with Crippen LogP contribution in [0.4, 0.5) is 0 Å². The van der Waals surface area contributed by atoms with Crippen molar-refractivity contribution in [2.24, 2.45) is 0 Å².